The average Bonchev–Trinajstić information content (AvgIpc) is 2.31. The fourth-order valence-electron chi connectivity index (χ4n) is 3.37. The van der Waals surface area contributed by atoms with Crippen molar-refractivity contribution < 1.29 is 13.6 Å². The minimum Gasteiger partial charge on any atom is -0.396 e. The standard InChI is InChI=1S/C12H27NO3Si/c1-10-7-6-8-17(15-4,16-5)12(10,14-3)9-11(2)13/h10-11H,6-9,13H2,1-5H3. The van der Waals surface area contributed by atoms with Crippen molar-refractivity contribution in [2.24, 2.45) is 11.7 Å². The molecule has 0 saturated carbocycles. The Bertz CT molecular complexity index is 246. The molecule has 3 unspecified atom stereocenters. The molecule has 4 nitrogen and oxygen atoms in total. The Morgan fingerprint density at radius 1 is 1.35 bits per heavy atom. The normalized spacial score (nSPS) is 34.6. The first kappa shape index (κ1) is 15.1. The first-order valence-electron chi connectivity index (χ1n) is 6.39. The molecule has 1 heterocycles. The van der Waals surface area contributed by atoms with Gasteiger partial charge in [-0.05, 0) is 31.7 Å². The third-order valence-electron chi connectivity index (χ3n) is 4.23. The topological polar surface area (TPSA) is 53.7 Å². The van der Waals surface area contributed by atoms with Gasteiger partial charge < -0.3 is 19.3 Å². The van der Waals surface area contributed by atoms with E-state index >= 15 is 0 Å². The quantitative estimate of drug-likeness (QED) is 0.767. The molecule has 2 N–H and O–H groups in total. The van der Waals surface area contributed by atoms with Crippen molar-refractivity contribution in [1.29, 1.82) is 0 Å². The summed E-state index contributed by atoms with van der Waals surface area (Å²) in [5.74, 6) is 0.429. The van der Waals surface area contributed by atoms with Crippen LogP contribution in [0.2, 0.25) is 6.04 Å². The number of hydrogen-bond donors (Lipinski definition) is 1. The van der Waals surface area contributed by atoms with Crippen LogP contribution in [0, 0.1) is 5.92 Å². The highest BCUT2D eigenvalue weighted by Gasteiger charge is 2.62. The Morgan fingerprint density at radius 2 is 1.94 bits per heavy atom. The first-order valence-corrected chi connectivity index (χ1v) is 8.41. The Hall–Kier alpha value is 0.0569. The number of methoxy groups -OCH3 is 1. The van der Waals surface area contributed by atoms with E-state index in [0.29, 0.717) is 5.92 Å². The smallest absolute Gasteiger partial charge is 0.371 e. The largest absolute Gasteiger partial charge is 0.396 e. The second kappa shape index (κ2) is 5.80. The van der Waals surface area contributed by atoms with Gasteiger partial charge in [-0.25, -0.2) is 0 Å². The molecule has 1 aliphatic heterocycles. The lowest BCUT2D eigenvalue weighted by atomic mass is 9.93. The van der Waals surface area contributed by atoms with Crippen molar-refractivity contribution in [3.8, 4) is 0 Å². The van der Waals surface area contributed by atoms with Crippen LogP contribution in [0.25, 0.3) is 0 Å². The molecule has 1 aliphatic rings. The Morgan fingerprint density at radius 3 is 2.35 bits per heavy atom. The van der Waals surface area contributed by atoms with E-state index in [9.17, 15) is 0 Å². The average molecular weight is 261 g/mol. The van der Waals surface area contributed by atoms with Gasteiger partial charge in [-0.2, -0.15) is 0 Å². The lowest BCUT2D eigenvalue weighted by molar-refractivity contribution is -0.0506. The molecule has 0 aromatic heterocycles. The highest BCUT2D eigenvalue weighted by Crippen LogP contribution is 2.46. The monoisotopic (exact) mass is 261 g/mol. The highest BCUT2D eigenvalue weighted by atomic mass is 28.4. The van der Waals surface area contributed by atoms with Crippen LogP contribution in [0.3, 0.4) is 0 Å². The van der Waals surface area contributed by atoms with Gasteiger partial charge in [0.05, 0.1) is 0 Å². The third kappa shape index (κ3) is 2.44. The summed E-state index contributed by atoms with van der Waals surface area (Å²) in [4.78, 5) is 0. The van der Waals surface area contributed by atoms with E-state index < -0.39 is 8.56 Å². The fourth-order valence-corrected chi connectivity index (χ4v) is 7.57. The molecule has 0 spiro atoms. The summed E-state index contributed by atoms with van der Waals surface area (Å²) in [6, 6.07) is 1.08. The number of rotatable bonds is 5. The Kier molecular flexibility index (Phi) is 5.16. The van der Waals surface area contributed by atoms with Gasteiger partial charge in [0.2, 0.25) is 0 Å². The molecular weight excluding hydrogens is 234 g/mol. The van der Waals surface area contributed by atoms with E-state index in [-0.39, 0.29) is 11.3 Å². The lowest BCUT2D eigenvalue weighted by Crippen LogP contribution is -2.69. The van der Waals surface area contributed by atoms with Gasteiger partial charge in [-0.3, -0.25) is 0 Å². The zero-order valence-corrected chi connectivity index (χ0v) is 12.8. The van der Waals surface area contributed by atoms with Gasteiger partial charge in [0.1, 0.15) is 5.22 Å². The minimum absolute atomic E-state index is 0.0904. The first-order chi connectivity index (χ1) is 7.98. The SMILES string of the molecule is COC1(CC(C)N)C(C)CCC[Si]1(OC)OC. The molecule has 0 aliphatic carbocycles. The van der Waals surface area contributed by atoms with Crippen LogP contribution in [0.15, 0.2) is 0 Å². The fraction of sp³-hybridized carbons (Fsp3) is 1.00. The summed E-state index contributed by atoms with van der Waals surface area (Å²) in [7, 11) is 2.93. The Labute approximate surface area is 106 Å². The van der Waals surface area contributed by atoms with Crippen LogP contribution in [0.4, 0.5) is 0 Å². The predicted octanol–water partition coefficient (Wildman–Crippen LogP) is 1.81. The van der Waals surface area contributed by atoms with Crippen LogP contribution in [-0.4, -0.2) is 41.2 Å². The van der Waals surface area contributed by atoms with Crippen LogP contribution >= 0.6 is 0 Å². The van der Waals surface area contributed by atoms with Crippen molar-refractivity contribution in [1.82, 2.24) is 0 Å². The summed E-state index contributed by atoms with van der Waals surface area (Å²) >= 11 is 0. The molecule has 1 rings (SSSR count). The zero-order chi connectivity index (χ0) is 13.1. The van der Waals surface area contributed by atoms with E-state index in [0.717, 1.165) is 25.3 Å². The molecule has 0 amide bonds. The van der Waals surface area contributed by atoms with E-state index in [1.807, 2.05) is 6.92 Å². The summed E-state index contributed by atoms with van der Waals surface area (Å²) in [5.41, 5.74) is 6.01. The van der Waals surface area contributed by atoms with Gasteiger partial charge >= 0.3 is 8.56 Å². The van der Waals surface area contributed by atoms with E-state index in [2.05, 4.69) is 6.92 Å². The number of nitrogens with two attached hydrogens (primary N) is 1. The molecule has 1 saturated heterocycles. The molecular formula is C12H27NO3Si. The maximum Gasteiger partial charge on any atom is 0.371 e. The van der Waals surface area contributed by atoms with Crippen LogP contribution < -0.4 is 5.73 Å². The van der Waals surface area contributed by atoms with Gasteiger partial charge in [-0.15, -0.1) is 0 Å². The molecule has 17 heavy (non-hydrogen) atoms. The van der Waals surface area contributed by atoms with Crippen molar-refractivity contribution in [3.05, 3.63) is 0 Å². The zero-order valence-electron chi connectivity index (χ0n) is 11.8. The Balaban J connectivity index is 3.14. The second-order valence-corrected chi connectivity index (χ2v) is 8.90. The molecule has 5 heteroatoms. The summed E-state index contributed by atoms with van der Waals surface area (Å²) in [5, 5.41) is -0.317. The molecule has 0 bridgehead atoms. The molecule has 1 fully saturated rings. The van der Waals surface area contributed by atoms with E-state index in [1.54, 1.807) is 21.3 Å². The van der Waals surface area contributed by atoms with Crippen LogP contribution in [-0.2, 0) is 13.6 Å². The third-order valence-corrected chi connectivity index (χ3v) is 8.75. The van der Waals surface area contributed by atoms with E-state index in [4.69, 9.17) is 19.3 Å². The van der Waals surface area contributed by atoms with Gasteiger partial charge in [0, 0.05) is 27.4 Å². The highest BCUT2D eigenvalue weighted by molar-refractivity contribution is 6.70. The van der Waals surface area contributed by atoms with Gasteiger partial charge in [0.25, 0.3) is 0 Å². The minimum atomic E-state index is -2.34. The summed E-state index contributed by atoms with van der Waals surface area (Å²) < 4.78 is 17.6. The maximum absolute atomic E-state index is 6.01. The lowest BCUT2D eigenvalue weighted by Gasteiger charge is -2.52. The van der Waals surface area contributed by atoms with Gasteiger partial charge in [-0.1, -0.05) is 13.3 Å². The molecule has 102 valence electrons. The maximum atomic E-state index is 6.01. The molecule has 0 aromatic carbocycles. The van der Waals surface area contributed by atoms with Crippen molar-refractivity contribution in [2.45, 2.75) is 50.4 Å². The van der Waals surface area contributed by atoms with E-state index in [1.165, 1.54) is 0 Å². The van der Waals surface area contributed by atoms with Crippen molar-refractivity contribution in [3.63, 3.8) is 0 Å². The summed E-state index contributed by atoms with van der Waals surface area (Å²) in [6.07, 6.45) is 3.11. The molecule has 0 aromatic rings. The van der Waals surface area contributed by atoms with Crippen LogP contribution in [0.5, 0.6) is 0 Å². The molecule has 3 atom stereocenters. The van der Waals surface area contributed by atoms with Crippen LogP contribution in [0.1, 0.15) is 33.1 Å². The van der Waals surface area contributed by atoms with Gasteiger partial charge in [0.15, 0.2) is 0 Å². The predicted molar refractivity (Wildman–Crippen MR) is 71.0 cm³/mol. The molecule has 0 radical (unpaired) electrons. The second-order valence-electron chi connectivity index (χ2n) is 5.23. The number of hydrogen-bond acceptors (Lipinski definition) is 4. The van der Waals surface area contributed by atoms with Crippen molar-refractivity contribution >= 4 is 8.56 Å². The summed E-state index contributed by atoms with van der Waals surface area (Å²) in [6.45, 7) is 4.25. The van der Waals surface area contributed by atoms with Crippen molar-refractivity contribution in [2.75, 3.05) is 21.3 Å². The number of ether oxygens (including phenoxy) is 1.